The van der Waals surface area contributed by atoms with Crippen molar-refractivity contribution in [3.63, 3.8) is 0 Å². The molecule has 1 aromatic rings. The number of carboxylic acid groups (broad SMARTS) is 1. The summed E-state index contributed by atoms with van der Waals surface area (Å²) in [6.07, 6.45) is 0. The van der Waals surface area contributed by atoms with Gasteiger partial charge in [0.2, 0.25) is 0 Å². The average molecular weight is 283 g/mol. The zero-order chi connectivity index (χ0) is 14.0. The smallest absolute Gasteiger partial charge is 0.327 e. The summed E-state index contributed by atoms with van der Waals surface area (Å²) in [4.78, 5) is 28.3. The number of carbonyl (C=O) groups is 2. The summed E-state index contributed by atoms with van der Waals surface area (Å²) in [7, 11) is 0. The maximum atomic E-state index is 12.0. The van der Waals surface area contributed by atoms with E-state index in [4.69, 9.17) is 5.11 Å². The standard InChI is InChI=1S/C10H13N5O3S/c1-5-6(2)13-14-9(11-5)12-10(18)15-4-19-3-7(15)8(16)17/h7H,3-4H2,1-2H3,(H,16,17)(H,11,12,14,18)/t7-/m0/s1. The molecule has 0 bridgehead atoms. The maximum absolute atomic E-state index is 12.0. The molecule has 0 unspecified atom stereocenters. The van der Waals surface area contributed by atoms with Crippen molar-refractivity contribution >= 4 is 29.7 Å². The van der Waals surface area contributed by atoms with Crippen LogP contribution in [0.15, 0.2) is 0 Å². The van der Waals surface area contributed by atoms with E-state index in [9.17, 15) is 9.59 Å². The molecule has 102 valence electrons. The topological polar surface area (TPSA) is 108 Å². The molecule has 9 heteroatoms. The van der Waals surface area contributed by atoms with Gasteiger partial charge in [-0.2, -0.15) is 5.10 Å². The first-order chi connectivity index (χ1) is 8.99. The highest BCUT2D eigenvalue weighted by Gasteiger charge is 2.34. The fourth-order valence-corrected chi connectivity index (χ4v) is 2.67. The van der Waals surface area contributed by atoms with Gasteiger partial charge in [-0.25, -0.2) is 14.6 Å². The van der Waals surface area contributed by atoms with E-state index in [1.807, 2.05) is 0 Å². The number of hydrogen-bond acceptors (Lipinski definition) is 6. The molecule has 19 heavy (non-hydrogen) atoms. The van der Waals surface area contributed by atoms with Gasteiger partial charge in [-0.05, 0) is 13.8 Å². The molecule has 0 aromatic carbocycles. The van der Waals surface area contributed by atoms with Crippen LogP contribution >= 0.6 is 11.8 Å². The van der Waals surface area contributed by atoms with Crippen LogP contribution in [0.5, 0.6) is 0 Å². The van der Waals surface area contributed by atoms with E-state index in [0.717, 1.165) is 0 Å². The van der Waals surface area contributed by atoms with Crippen molar-refractivity contribution in [2.75, 3.05) is 16.9 Å². The molecule has 0 aliphatic carbocycles. The first kappa shape index (κ1) is 13.5. The summed E-state index contributed by atoms with van der Waals surface area (Å²) in [6.45, 7) is 3.52. The Morgan fingerprint density at radius 3 is 2.74 bits per heavy atom. The van der Waals surface area contributed by atoms with E-state index in [0.29, 0.717) is 23.0 Å². The highest BCUT2D eigenvalue weighted by Crippen LogP contribution is 2.21. The Morgan fingerprint density at radius 1 is 1.37 bits per heavy atom. The third-order valence-corrected chi connectivity index (χ3v) is 3.75. The number of carboxylic acids is 1. The Balaban J connectivity index is 2.08. The molecule has 2 N–H and O–H groups in total. The molecule has 2 rings (SSSR count). The Bertz CT molecular complexity index is 524. The van der Waals surface area contributed by atoms with Gasteiger partial charge < -0.3 is 10.0 Å². The summed E-state index contributed by atoms with van der Waals surface area (Å²) in [5.41, 5.74) is 1.34. The van der Waals surface area contributed by atoms with Gasteiger partial charge in [0.25, 0.3) is 5.95 Å². The minimum absolute atomic E-state index is 0.0779. The van der Waals surface area contributed by atoms with Gasteiger partial charge in [-0.15, -0.1) is 16.9 Å². The summed E-state index contributed by atoms with van der Waals surface area (Å²) >= 11 is 1.39. The Kier molecular flexibility index (Phi) is 3.84. The molecule has 1 aromatic heterocycles. The zero-order valence-electron chi connectivity index (χ0n) is 10.5. The maximum Gasteiger partial charge on any atom is 0.327 e. The van der Waals surface area contributed by atoms with Crippen LogP contribution in [-0.2, 0) is 4.79 Å². The molecule has 1 saturated heterocycles. The van der Waals surface area contributed by atoms with Crippen LogP contribution in [0.25, 0.3) is 0 Å². The monoisotopic (exact) mass is 283 g/mol. The van der Waals surface area contributed by atoms with Gasteiger partial charge in [0, 0.05) is 5.75 Å². The van der Waals surface area contributed by atoms with Gasteiger partial charge >= 0.3 is 12.0 Å². The van der Waals surface area contributed by atoms with Gasteiger partial charge in [0.1, 0.15) is 6.04 Å². The number of urea groups is 1. The molecule has 2 heterocycles. The lowest BCUT2D eigenvalue weighted by Crippen LogP contribution is -2.44. The Hall–Kier alpha value is -1.90. The molecule has 1 aliphatic heterocycles. The van der Waals surface area contributed by atoms with Crippen LogP contribution in [0, 0.1) is 13.8 Å². The van der Waals surface area contributed by atoms with Crippen LogP contribution in [0.4, 0.5) is 10.7 Å². The lowest BCUT2D eigenvalue weighted by molar-refractivity contribution is -0.140. The lowest BCUT2D eigenvalue weighted by atomic mass is 10.3. The van der Waals surface area contributed by atoms with Crippen molar-refractivity contribution < 1.29 is 14.7 Å². The average Bonchev–Trinajstić information content (AvgIpc) is 2.83. The number of aliphatic carboxylic acids is 1. The number of nitrogens with one attached hydrogen (secondary N) is 1. The number of carbonyl (C=O) groups excluding carboxylic acids is 1. The lowest BCUT2D eigenvalue weighted by Gasteiger charge is -2.20. The van der Waals surface area contributed by atoms with E-state index < -0.39 is 18.0 Å². The molecule has 0 saturated carbocycles. The molecule has 8 nitrogen and oxygen atoms in total. The summed E-state index contributed by atoms with van der Waals surface area (Å²) in [5, 5.41) is 19.1. The molecule has 2 amide bonds. The second-order valence-corrected chi connectivity index (χ2v) is 5.06. The van der Waals surface area contributed by atoms with Crippen LogP contribution in [-0.4, -0.2) is 54.9 Å². The minimum Gasteiger partial charge on any atom is -0.480 e. The first-order valence-corrected chi connectivity index (χ1v) is 6.70. The van der Waals surface area contributed by atoms with Crippen molar-refractivity contribution in [1.29, 1.82) is 0 Å². The molecule has 1 aliphatic rings. The number of amides is 2. The van der Waals surface area contributed by atoms with E-state index in [2.05, 4.69) is 20.5 Å². The molecule has 0 spiro atoms. The Morgan fingerprint density at radius 2 is 2.11 bits per heavy atom. The van der Waals surface area contributed by atoms with Gasteiger partial charge in [-0.3, -0.25) is 5.32 Å². The van der Waals surface area contributed by atoms with Crippen molar-refractivity contribution in [3.05, 3.63) is 11.4 Å². The third kappa shape index (κ3) is 2.92. The third-order valence-electron chi connectivity index (χ3n) is 2.74. The highest BCUT2D eigenvalue weighted by atomic mass is 32.2. The van der Waals surface area contributed by atoms with E-state index in [-0.39, 0.29) is 5.95 Å². The summed E-state index contributed by atoms with van der Waals surface area (Å²) in [5.74, 6) is -0.219. The predicted molar refractivity (Wildman–Crippen MR) is 68.9 cm³/mol. The van der Waals surface area contributed by atoms with E-state index in [1.54, 1.807) is 13.8 Å². The van der Waals surface area contributed by atoms with Crippen molar-refractivity contribution in [2.24, 2.45) is 0 Å². The molecule has 1 atom stereocenters. The number of hydrogen-bond donors (Lipinski definition) is 2. The number of nitrogens with zero attached hydrogens (tertiary/aromatic N) is 4. The number of rotatable bonds is 2. The van der Waals surface area contributed by atoms with Crippen LogP contribution in [0.2, 0.25) is 0 Å². The second-order valence-electron chi connectivity index (χ2n) is 4.06. The van der Waals surface area contributed by atoms with Crippen LogP contribution in [0.1, 0.15) is 11.4 Å². The fraction of sp³-hybridized carbons (Fsp3) is 0.500. The van der Waals surface area contributed by atoms with E-state index in [1.165, 1.54) is 16.7 Å². The van der Waals surface area contributed by atoms with Crippen molar-refractivity contribution in [2.45, 2.75) is 19.9 Å². The van der Waals surface area contributed by atoms with Crippen LogP contribution < -0.4 is 5.32 Å². The first-order valence-electron chi connectivity index (χ1n) is 5.55. The van der Waals surface area contributed by atoms with Crippen LogP contribution in [0.3, 0.4) is 0 Å². The van der Waals surface area contributed by atoms with Crippen molar-refractivity contribution in [1.82, 2.24) is 20.1 Å². The highest BCUT2D eigenvalue weighted by molar-refractivity contribution is 7.99. The van der Waals surface area contributed by atoms with Gasteiger partial charge in [0.15, 0.2) is 0 Å². The van der Waals surface area contributed by atoms with Gasteiger partial charge in [-0.1, -0.05) is 0 Å². The Labute approximate surface area is 113 Å². The fourth-order valence-electron chi connectivity index (χ4n) is 1.52. The molecule has 1 fully saturated rings. The summed E-state index contributed by atoms with van der Waals surface area (Å²) in [6, 6.07) is -1.34. The zero-order valence-corrected chi connectivity index (χ0v) is 11.3. The quantitative estimate of drug-likeness (QED) is 0.812. The van der Waals surface area contributed by atoms with Gasteiger partial charge in [0.05, 0.1) is 17.3 Å². The minimum atomic E-state index is -1.01. The normalized spacial score (nSPS) is 18.4. The number of thioether (sulfide) groups is 1. The molecular formula is C10H13N5O3S. The largest absolute Gasteiger partial charge is 0.480 e. The van der Waals surface area contributed by atoms with Crippen molar-refractivity contribution in [3.8, 4) is 0 Å². The molecular weight excluding hydrogens is 270 g/mol. The number of anilines is 1. The number of aryl methyl sites for hydroxylation is 2. The number of aromatic nitrogens is 3. The SMILES string of the molecule is Cc1nnc(NC(=O)N2CSC[C@H]2C(=O)O)nc1C. The predicted octanol–water partition coefficient (Wildman–Crippen LogP) is 0.480. The van der Waals surface area contributed by atoms with E-state index >= 15 is 0 Å². The molecule has 0 radical (unpaired) electrons. The second kappa shape index (κ2) is 5.39. The summed E-state index contributed by atoms with van der Waals surface area (Å²) < 4.78 is 0.